The highest BCUT2D eigenvalue weighted by Gasteiger charge is 2.25. The van der Waals surface area contributed by atoms with E-state index in [-0.39, 0.29) is 12.5 Å². The van der Waals surface area contributed by atoms with E-state index >= 15 is 0 Å². The maximum Gasteiger partial charge on any atom is 0.0667 e. The Morgan fingerprint density at radius 2 is 2.21 bits per heavy atom. The van der Waals surface area contributed by atoms with Crippen molar-refractivity contribution in [3.63, 3.8) is 0 Å². The van der Waals surface area contributed by atoms with E-state index in [1.807, 2.05) is 11.8 Å². The minimum atomic E-state index is 0.250. The summed E-state index contributed by atoms with van der Waals surface area (Å²) in [6.45, 7) is 2.31. The van der Waals surface area contributed by atoms with Gasteiger partial charge in [0.1, 0.15) is 0 Å². The third-order valence-corrected chi connectivity index (χ3v) is 4.53. The molecule has 1 aliphatic carbocycles. The standard InChI is InChI=1S/C11H19NOS/c1-9(7-13)8-14-11-5-3-2-4-10(11)6-12/h9-11,13H,2-5,7-8H2,1H3. The highest BCUT2D eigenvalue weighted by atomic mass is 32.2. The molecule has 0 bridgehead atoms. The van der Waals surface area contributed by atoms with Crippen LogP contribution in [0.2, 0.25) is 0 Å². The van der Waals surface area contributed by atoms with Crippen molar-refractivity contribution in [1.82, 2.24) is 0 Å². The molecule has 0 aromatic rings. The van der Waals surface area contributed by atoms with Crippen LogP contribution in [0.3, 0.4) is 0 Å². The van der Waals surface area contributed by atoms with E-state index in [2.05, 4.69) is 13.0 Å². The summed E-state index contributed by atoms with van der Waals surface area (Å²) in [5.74, 6) is 1.60. The third kappa shape index (κ3) is 3.51. The van der Waals surface area contributed by atoms with Crippen molar-refractivity contribution in [2.75, 3.05) is 12.4 Å². The van der Waals surface area contributed by atoms with Crippen molar-refractivity contribution in [1.29, 1.82) is 5.26 Å². The molecule has 14 heavy (non-hydrogen) atoms. The lowest BCUT2D eigenvalue weighted by Crippen LogP contribution is -2.22. The SMILES string of the molecule is CC(CO)CSC1CCCCC1C#N. The average Bonchev–Trinajstić information content (AvgIpc) is 2.26. The Hall–Kier alpha value is -0.200. The second-order valence-electron chi connectivity index (χ2n) is 4.18. The summed E-state index contributed by atoms with van der Waals surface area (Å²) >= 11 is 1.88. The number of nitriles is 1. The summed E-state index contributed by atoms with van der Waals surface area (Å²) in [5.41, 5.74) is 0. The topological polar surface area (TPSA) is 44.0 Å². The van der Waals surface area contributed by atoms with E-state index < -0.39 is 0 Å². The Morgan fingerprint density at radius 3 is 2.86 bits per heavy atom. The minimum absolute atomic E-state index is 0.250. The Kier molecular flexibility index (Phi) is 5.36. The van der Waals surface area contributed by atoms with Gasteiger partial charge in [-0.05, 0) is 24.5 Å². The van der Waals surface area contributed by atoms with Crippen molar-refractivity contribution in [2.24, 2.45) is 11.8 Å². The zero-order valence-corrected chi connectivity index (χ0v) is 9.59. The monoisotopic (exact) mass is 213 g/mol. The fourth-order valence-corrected chi connectivity index (χ4v) is 3.23. The van der Waals surface area contributed by atoms with Gasteiger partial charge < -0.3 is 5.11 Å². The number of hydrogen-bond donors (Lipinski definition) is 1. The molecule has 0 aromatic heterocycles. The second-order valence-corrected chi connectivity index (χ2v) is 5.45. The average molecular weight is 213 g/mol. The maximum absolute atomic E-state index is 8.97. The number of nitrogens with zero attached hydrogens (tertiary/aromatic N) is 1. The normalized spacial score (nSPS) is 29.5. The highest BCUT2D eigenvalue weighted by molar-refractivity contribution is 7.99. The first kappa shape index (κ1) is 11.9. The van der Waals surface area contributed by atoms with E-state index in [0.29, 0.717) is 11.2 Å². The van der Waals surface area contributed by atoms with E-state index in [4.69, 9.17) is 10.4 Å². The molecule has 1 fully saturated rings. The van der Waals surface area contributed by atoms with Gasteiger partial charge in [-0.2, -0.15) is 17.0 Å². The van der Waals surface area contributed by atoms with Crippen LogP contribution in [0.5, 0.6) is 0 Å². The maximum atomic E-state index is 8.97. The smallest absolute Gasteiger partial charge is 0.0667 e. The van der Waals surface area contributed by atoms with Crippen LogP contribution in [0.1, 0.15) is 32.6 Å². The van der Waals surface area contributed by atoms with Gasteiger partial charge in [0.2, 0.25) is 0 Å². The van der Waals surface area contributed by atoms with Crippen LogP contribution in [0.15, 0.2) is 0 Å². The van der Waals surface area contributed by atoms with Crippen molar-refractivity contribution < 1.29 is 5.11 Å². The fraction of sp³-hybridized carbons (Fsp3) is 0.909. The van der Waals surface area contributed by atoms with Gasteiger partial charge in [-0.3, -0.25) is 0 Å². The third-order valence-electron chi connectivity index (χ3n) is 2.77. The molecule has 0 aliphatic heterocycles. The molecule has 3 unspecified atom stereocenters. The molecule has 2 nitrogen and oxygen atoms in total. The molecule has 3 atom stereocenters. The molecule has 0 spiro atoms. The Morgan fingerprint density at radius 1 is 1.50 bits per heavy atom. The van der Waals surface area contributed by atoms with Gasteiger partial charge in [0, 0.05) is 11.9 Å². The largest absolute Gasteiger partial charge is 0.396 e. The first-order valence-corrected chi connectivity index (χ1v) is 6.45. The van der Waals surface area contributed by atoms with E-state index in [9.17, 15) is 0 Å². The molecule has 0 heterocycles. The zero-order valence-electron chi connectivity index (χ0n) is 8.78. The molecule has 1 aliphatic rings. The molecule has 1 saturated carbocycles. The molecule has 1 N–H and O–H groups in total. The summed E-state index contributed by atoms with van der Waals surface area (Å²) in [6, 6.07) is 2.41. The Bertz CT molecular complexity index is 202. The van der Waals surface area contributed by atoms with Gasteiger partial charge in [0.25, 0.3) is 0 Å². The van der Waals surface area contributed by atoms with Crippen molar-refractivity contribution in [3.8, 4) is 6.07 Å². The number of aliphatic hydroxyl groups is 1. The number of hydrogen-bond acceptors (Lipinski definition) is 3. The predicted molar refractivity (Wildman–Crippen MR) is 60.1 cm³/mol. The van der Waals surface area contributed by atoms with Gasteiger partial charge in [-0.25, -0.2) is 0 Å². The molecule has 0 saturated heterocycles. The van der Waals surface area contributed by atoms with E-state index in [0.717, 1.165) is 12.2 Å². The van der Waals surface area contributed by atoms with Crippen LogP contribution in [-0.2, 0) is 0 Å². The molecular weight excluding hydrogens is 194 g/mol. The van der Waals surface area contributed by atoms with Crippen LogP contribution in [0.4, 0.5) is 0 Å². The summed E-state index contributed by atoms with van der Waals surface area (Å²) in [4.78, 5) is 0. The highest BCUT2D eigenvalue weighted by Crippen LogP contribution is 2.33. The van der Waals surface area contributed by atoms with Crippen LogP contribution < -0.4 is 0 Å². The second kappa shape index (κ2) is 6.31. The van der Waals surface area contributed by atoms with Gasteiger partial charge in [0.15, 0.2) is 0 Å². The molecule has 3 heteroatoms. The van der Waals surface area contributed by atoms with E-state index in [1.165, 1.54) is 19.3 Å². The van der Waals surface area contributed by atoms with Gasteiger partial charge in [-0.15, -0.1) is 0 Å². The van der Waals surface area contributed by atoms with Crippen LogP contribution in [-0.4, -0.2) is 22.7 Å². The Balaban J connectivity index is 2.30. The summed E-state index contributed by atoms with van der Waals surface area (Å²) in [6.07, 6.45) is 4.73. The van der Waals surface area contributed by atoms with Crippen LogP contribution in [0.25, 0.3) is 0 Å². The Labute approximate surface area is 90.7 Å². The summed E-state index contributed by atoms with van der Waals surface area (Å²) in [7, 11) is 0. The van der Waals surface area contributed by atoms with Gasteiger partial charge >= 0.3 is 0 Å². The quantitative estimate of drug-likeness (QED) is 0.780. The van der Waals surface area contributed by atoms with Crippen LogP contribution >= 0.6 is 11.8 Å². The number of aliphatic hydroxyl groups excluding tert-OH is 1. The lowest BCUT2D eigenvalue weighted by Gasteiger charge is -2.26. The molecule has 0 amide bonds. The van der Waals surface area contributed by atoms with Crippen molar-refractivity contribution >= 4 is 11.8 Å². The lowest BCUT2D eigenvalue weighted by atomic mass is 9.90. The van der Waals surface area contributed by atoms with Crippen molar-refractivity contribution in [3.05, 3.63) is 0 Å². The number of rotatable bonds is 4. The first-order valence-electron chi connectivity index (χ1n) is 5.40. The minimum Gasteiger partial charge on any atom is -0.396 e. The molecule has 80 valence electrons. The first-order chi connectivity index (χ1) is 6.77. The van der Waals surface area contributed by atoms with Gasteiger partial charge in [0.05, 0.1) is 12.0 Å². The lowest BCUT2D eigenvalue weighted by molar-refractivity contribution is 0.250. The number of thioether (sulfide) groups is 1. The molecule has 1 rings (SSSR count). The predicted octanol–water partition coefficient (Wildman–Crippen LogP) is 2.43. The summed E-state index contributed by atoms with van der Waals surface area (Å²) < 4.78 is 0. The molecule has 0 radical (unpaired) electrons. The van der Waals surface area contributed by atoms with Crippen molar-refractivity contribution in [2.45, 2.75) is 37.9 Å². The fourth-order valence-electron chi connectivity index (χ4n) is 1.78. The van der Waals surface area contributed by atoms with E-state index in [1.54, 1.807) is 0 Å². The molecule has 0 aromatic carbocycles. The zero-order chi connectivity index (χ0) is 10.4. The van der Waals surface area contributed by atoms with Gasteiger partial charge in [-0.1, -0.05) is 19.8 Å². The van der Waals surface area contributed by atoms with Crippen LogP contribution in [0, 0.1) is 23.2 Å². The summed E-state index contributed by atoms with van der Waals surface area (Å²) in [5, 5.41) is 18.4. The molecular formula is C11H19NOS.